The summed E-state index contributed by atoms with van der Waals surface area (Å²) in [5, 5.41) is 0. The van der Waals surface area contributed by atoms with Gasteiger partial charge in [-0.15, -0.1) is 0 Å². The van der Waals surface area contributed by atoms with Crippen molar-refractivity contribution >= 4 is 28.8 Å². The Kier molecular flexibility index (Phi) is 5.33. The number of H-pyrrole nitrogens is 1. The van der Waals surface area contributed by atoms with Crippen molar-refractivity contribution in [3.63, 3.8) is 0 Å². The lowest BCUT2D eigenvalue weighted by molar-refractivity contribution is 0.0530. The topological polar surface area (TPSA) is 130 Å². The molecule has 34 heavy (non-hydrogen) atoms. The number of aromatic amines is 1. The van der Waals surface area contributed by atoms with E-state index < -0.39 is 5.91 Å². The summed E-state index contributed by atoms with van der Waals surface area (Å²) in [7, 11) is 1.78. The second kappa shape index (κ2) is 8.47. The van der Waals surface area contributed by atoms with Gasteiger partial charge in [-0.05, 0) is 24.3 Å². The van der Waals surface area contributed by atoms with Crippen LogP contribution in [0.15, 0.2) is 55.0 Å². The van der Waals surface area contributed by atoms with Crippen LogP contribution in [0.2, 0.25) is 0 Å². The Labute approximate surface area is 195 Å². The molecule has 0 radical (unpaired) electrons. The number of imidazole rings is 2. The van der Waals surface area contributed by atoms with Crippen LogP contribution in [0.3, 0.4) is 0 Å². The molecule has 4 aromatic rings. The summed E-state index contributed by atoms with van der Waals surface area (Å²) in [4.78, 5) is 52.5. The molecule has 3 heterocycles. The van der Waals surface area contributed by atoms with Crippen LogP contribution in [-0.4, -0.2) is 73.2 Å². The van der Waals surface area contributed by atoms with Gasteiger partial charge in [0.15, 0.2) is 0 Å². The smallest absolute Gasteiger partial charge is 0.272 e. The van der Waals surface area contributed by atoms with Gasteiger partial charge in [-0.25, -0.2) is 9.97 Å². The maximum absolute atomic E-state index is 13.0. The second-order valence-corrected chi connectivity index (χ2v) is 8.20. The summed E-state index contributed by atoms with van der Waals surface area (Å²) in [6, 6.07) is 12.4. The molecule has 0 spiro atoms. The predicted octanol–water partition coefficient (Wildman–Crippen LogP) is 1.66. The minimum Gasteiger partial charge on any atom is -0.366 e. The first-order chi connectivity index (χ1) is 16.4. The first-order valence-corrected chi connectivity index (χ1v) is 10.9. The van der Waals surface area contributed by atoms with Crippen LogP contribution in [0.4, 0.5) is 0 Å². The summed E-state index contributed by atoms with van der Waals surface area (Å²) in [6.07, 6.45) is 3.15. The molecular weight excluding hydrogens is 434 g/mol. The zero-order valence-corrected chi connectivity index (χ0v) is 18.6. The number of rotatable bonds is 4. The Morgan fingerprint density at radius 1 is 0.941 bits per heavy atom. The van der Waals surface area contributed by atoms with E-state index in [-0.39, 0.29) is 11.8 Å². The molecule has 10 nitrogen and oxygen atoms in total. The van der Waals surface area contributed by atoms with E-state index in [2.05, 4.69) is 15.0 Å². The molecule has 1 saturated heterocycles. The molecule has 1 fully saturated rings. The average Bonchev–Trinajstić information content (AvgIpc) is 3.49. The molecule has 3 N–H and O–H groups in total. The highest BCUT2D eigenvalue weighted by Gasteiger charge is 2.26. The molecule has 0 atom stereocenters. The van der Waals surface area contributed by atoms with Gasteiger partial charge >= 0.3 is 0 Å². The number of hydrogen-bond acceptors (Lipinski definition) is 5. The lowest BCUT2D eigenvalue weighted by Crippen LogP contribution is -2.50. The average molecular weight is 457 g/mol. The number of aryl methyl sites for hydroxylation is 1. The summed E-state index contributed by atoms with van der Waals surface area (Å²) in [5.41, 5.74) is 8.91. The van der Waals surface area contributed by atoms with Gasteiger partial charge in [-0.1, -0.05) is 18.2 Å². The number of hydrogen-bond donors (Lipinski definition) is 2. The molecule has 1 aliphatic rings. The molecular formula is C24H23N7O3. The van der Waals surface area contributed by atoms with Crippen molar-refractivity contribution in [3.8, 4) is 11.4 Å². The second-order valence-electron chi connectivity index (χ2n) is 8.20. The van der Waals surface area contributed by atoms with Crippen molar-refractivity contribution in [3.05, 3.63) is 71.8 Å². The van der Waals surface area contributed by atoms with E-state index in [1.165, 1.54) is 0 Å². The molecule has 5 rings (SSSR count). The van der Waals surface area contributed by atoms with Crippen molar-refractivity contribution in [2.45, 2.75) is 0 Å². The number of amides is 3. The molecule has 3 amide bonds. The third kappa shape index (κ3) is 3.79. The van der Waals surface area contributed by atoms with E-state index in [1.54, 1.807) is 58.2 Å². The van der Waals surface area contributed by atoms with Crippen molar-refractivity contribution < 1.29 is 14.4 Å². The molecule has 2 aromatic heterocycles. The fraction of sp³-hybridized carbons (Fsp3) is 0.208. The predicted molar refractivity (Wildman–Crippen MR) is 125 cm³/mol. The molecule has 1 aliphatic heterocycles. The number of benzene rings is 2. The lowest BCUT2D eigenvalue weighted by Gasteiger charge is -2.34. The highest BCUT2D eigenvalue weighted by Crippen LogP contribution is 2.23. The van der Waals surface area contributed by atoms with Gasteiger partial charge in [0.1, 0.15) is 17.0 Å². The van der Waals surface area contributed by atoms with Crippen LogP contribution in [0.25, 0.3) is 22.4 Å². The monoisotopic (exact) mass is 457 g/mol. The third-order valence-corrected chi connectivity index (χ3v) is 6.07. The van der Waals surface area contributed by atoms with E-state index in [4.69, 9.17) is 5.73 Å². The summed E-state index contributed by atoms with van der Waals surface area (Å²) in [6.45, 7) is 1.86. The first-order valence-electron chi connectivity index (χ1n) is 10.9. The highest BCUT2D eigenvalue weighted by molar-refractivity contribution is 6.04. The Balaban J connectivity index is 1.27. The SMILES string of the molecule is Cn1cncc1C(=O)N1CCN(C(=O)c2ccc(-c3nc4c(C(N)=O)cccc4[nH]3)cc2)CC1. The van der Waals surface area contributed by atoms with Gasteiger partial charge in [-0.3, -0.25) is 14.4 Å². The summed E-state index contributed by atoms with van der Waals surface area (Å²) in [5.74, 6) is -0.113. The van der Waals surface area contributed by atoms with E-state index >= 15 is 0 Å². The van der Waals surface area contributed by atoms with Gasteiger partial charge < -0.3 is 25.1 Å². The highest BCUT2D eigenvalue weighted by atomic mass is 16.2. The fourth-order valence-electron chi connectivity index (χ4n) is 4.16. The normalized spacial score (nSPS) is 13.9. The number of para-hydroxylation sites is 1. The number of piperazine rings is 1. The molecule has 0 unspecified atom stereocenters. The van der Waals surface area contributed by atoms with Crippen molar-refractivity contribution in [1.82, 2.24) is 29.3 Å². The molecule has 0 aliphatic carbocycles. The fourth-order valence-corrected chi connectivity index (χ4v) is 4.16. The third-order valence-electron chi connectivity index (χ3n) is 6.07. The van der Waals surface area contributed by atoms with Crippen LogP contribution in [0.5, 0.6) is 0 Å². The Bertz CT molecular complexity index is 1400. The maximum Gasteiger partial charge on any atom is 0.272 e. The van der Waals surface area contributed by atoms with Gasteiger partial charge in [0.25, 0.3) is 17.7 Å². The van der Waals surface area contributed by atoms with E-state index in [1.807, 2.05) is 18.2 Å². The first kappa shape index (κ1) is 21.4. The molecule has 0 saturated carbocycles. The summed E-state index contributed by atoms with van der Waals surface area (Å²) < 4.78 is 1.69. The van der Waals surface area contributed by atoms with E-state index in [0.29, 0.717) is 59.9 Å². The number of nitrogens with one attached hydrogen (secondary N) is 1. The molecule has 2 aromatic carbocycles. The Morgan fingerprint density at radius 2 is 1.62 bits per heavy atom. The maximum atomic E-state index is 13.0. The largest absolute Gasteiger partial charge is 0.366 e. The molecule has 172 valence electrons. The standard InChI is InChI=1S/C24H23N7O3/c1-29-14-26-13-19(29)24(34)31-11-9-30(10-12-31)23(33)16-7-5-15(6-8-16)22-27-18-4-2-3-17(21(25)32)20(18)28-22/h2-8,13-14H,9-12H2,1H3,(H2,25,32)(H,27,28). The van der Waals surface area contributed by atoms with Crippen LogP contribution < -0.4 is 5.73 Å². The number of carbonyl (C=O) groups is 3. The quantitative estimate of drug-likeness (QED) is 0.481. The molecule has 10 heteroatoms. The van der Waals surface area contributed by atoms with Gasteiger partial charge in [-0.2, -0.15) is 0 Å². The van der Waals surface area contributed by atoms with Gasteiger partial charge in [0, 0.05) is 44.4 Å². The van der Waals surface area contributed by atoms with E-state index in [0.717, 1.165) is 5.56 Å². The zero-order chi connectivity index (χ0) is 23.8. The summed E-state index contributed by atoms with van der Waals surface area (Å²) >= 11 is 0. The van der Waals surface area contributed by atoms with Gasteiger partial charge in [0.2, 0.25) is 0 Å². The van der Waals surface area contributed by atoms with Crippen LogP contribution in [0.1, 0.15) is 31.2 Å². The van der Waals surface area contributed by atoms with Crippen molar-refractivity contribution in [2.75, 3.05) is 26.2 Å². The van der Waals surface area contributed by atoms with E-state index in [9.17, 15) is 14.4 Å². The van der Waals surface area contributed by atoms with Gasteiger partial charge in [0.05, 0.1) is 23.6 Å². The number of primary amides is 1. The van der Waals surface area contributed by atoms with Crippen molar-refractivity contribution in [2.24, 2.45) is 12.8 Å². The minimum absolute atomic E-state index is 0.0817. The lowest BCUT2D eigenvalue weighted by atomic mass is 10.1. The zero-order valence-electron chi connectivity index (χ0n) is 18.6. The van der Waals surface area contributed by atoms with Crippen LogP contribution in [0, 0.1) is 0 Å². The Hall–Kier alpha value is -4.47. The Morgan fingerprint density at radius 3 is 2.24 bits per heavy atom. The van der Waals surface area contributed by atoms with Crippen LogP contribution in [-0.2, 0) is 7.05 Å². The number of nitrogens with zero attached hydrogens (tertiary/aromatic N) is 5. The molecule has 0 bridgehead atoms. The minimum atomic E-state index is -0.535. The number of carbonyl (C=O) groups excluding carboxylic acids is 3. The number of fused-ring (bicyclic) bond motifs is 1. The van der Waals surface area contributed by atoms with Crippen molar-refractivity contribution in [1.29, 1.82) is 0 Å². The number of aromatic nitrogens is 4. The number of nitrogens with two attached hydrogens (primary N) is 1. The van der Waals surface area contributed by atoms with Crippen LogP contribution >= 0.6 is 0 Å².